The van der Waals surface area contributed by atoms with E-state index >= 15 is 0 Å². The maximum atomic E-state index is 6.04. The average molecular weight is 337 g/mol. The lowest BCUT2D eigenvalue weighted by atomic mass is 9.97. The highest BCUT2D eigenvalue weighted by molar-refractivity contribution is 9.10. The number of thiophene rings is 1. The Kier molecular flexibility index (Phi) is 5.81. The van der Waals surface area contributed by atoms with Crippen molar-refractivity contribution in [2.45, 2.75) is 57.5 Å². The van der Waals surface area contributed by atoms with Crippen LogP contribution in [-0.2, 0) is 6.54 Å². The summed E-state index contributed by atoms with van der Waals surface area (Å²) in [7, 11) is 0. The summed E-state index contributed by atoms with van der Waals surface area (Å²) in [4.78, 5) is 1.32. The van der Waals surface area contributed by atoms with Crippen LogP contribution in [0.4, 0.5) is 0 Å². The molecular formula is C13H19BrClNS. The highest BCUT2D eigenvalue weighted by Gasteiger charge is 2.11. The summed E-state index contributed by atoms with van der Waals surface area (Å²) in [6.45, 7) is 0.959. The van der Waals surface area contributed by atoms with Crippen molar-refractivity contribution in [1.82, 2.24) is 5.32 Å². The molecule has 0 amide bonds. The first-order valence-corrected chi connectivity index (χ1v) is 8.41. The molecule has 17 heavy (non-hydrogen) atoms. The van der Waals surface area contributed by atoms with Crippen LogP contribution in [0.3, 0.4) is 0 Å². The lowest BCUT2D eigenvalue weighted by molar-refractivity contribution is 0.390. The zero-order chi connectivity index (χ0) is 12.1. The Morgan fingerprint density at radius 2 is 1.88 bits per heavy atom. The van der Waals surface area contributed by atoms with Crippen LogP contribution < -0.4 is 5.32 Å². The van der Waals surface area contributed by atoms with Crippen molar-refractivity contribution >= 4 is 38.9 Å². The molecule has 1 heterocycles. The first kappa shape index (κ1) is 13.9. The molecular weight excluding hydrogens is 318 g/mol. The van der Waals surface area contributed by atoms with Gasteiger partial charge in [-0.1, -0.05) is 43.7 Å². The summed E-state index contributed by atoms with van der Waals surface area (Å²) < 4.78 is 1.89. The number of hydrogen-bond donors (Lipinski definition) is 1. The van der Waals surface area contributed by atoms with Crippen molar-refractivity contribution in [3.8, 4) is 0 Å². The molecule has 0 radical (unpaired) electrons. The van der Waals surface area contributed by atoms with Gasteiger partial charge in [0.1, 0.15) is 4.34 Å². The molecule has 1 nitrogen and oxygen atoms in total. The molecule has 0 spiro atoms. The summed E-state index contributed by atoms with van der Waals surface area (Å²) in [5.41, 5.74) is 0. The highest BCUT2D eigenvalue weighted by Crippen LogP contribution is 2.32. The lowest BCUT2D eigenvalue weighted by Crippen LogP contribution is -2.28. The fourth-order valence-electron chi connectivity index (χ4n) is 2.38. The summed E-state index contributed by atoms with van der Waals surface area (Å²) >= 11 is 11.2. The van der Waals surface area contributed by atoms with E-state index in [0.717, 1.165) is 15.4 Å². The van der Waals surface area contributed by atoms with Crippen LogP contribution in [0, 0.1) is 0 Å². The third-order valence-electron chi connectivity index (χ3n) is 3.37. The molecule has 0 aromatic carbocycles. The molecule has 96 valence electrons. The maximum Gasteiger partial charge on any atom is 0.107 e. The summed E-state index contributed by atoms with van der Waals surface area (Å²) in [6, 6.07) is 2.83. The van der Waals surface area contributed by atoms with Crippen molar-refractivity contribution in [1.29, 1.82) is 0 Å². The zero-order valence-corrected chi connectivity index (χ0v) is 13.1. The van der Waals surface area contributed by atoms with Crippen LogP contribution in [0.25, 0.3) is 0 Å². The third-order valence-corrected chi connectivity index (χ3v) is 5.84. The van der Waals surface area contributed by atoms with Crippen LogP contribution in [0.1, 0.15) is 49.8 Å². The molecule has 4 heteroatoms. The molecule has 1 N–H and O–H groups in total. The van der Waals surface area contributed by atoms with Gasteiger partial charge in [-0.15, -0.1) is 11.3 Å². The van der Waals surface area contributed by atoms with Gasteiger partial charge in [-0.2, -0.15) is 0 Å². The molecule has 0 atom stereocenters. The van der Waals surface area contributed by atoms with Crippen LogP contribution in [0.5, 0.6) is 0 Å². The second kappa shape index (κ2) is 7.13. The molecule has 1 aliphatic carbocycles. The SMILES string of the molecule is Clc1sc(CNC2CCCCCCC2)cc1Br. The average Bonchev–Trinajstić information content (AvgIpc) is 2.57. The molecule has 2 rings (SSSR count). The molecule has 1 fully saturated rings. The van der Waals surface area contributed by atoms with Gasteiger partial charge >= 0.3 is 0 Å². The van der Waals surface area contributed by atoms with Crippen LogP contribution in [0.2, 0.25) is 4.34 Å². The third kappa shape index (κ3) is 4.55. The number of nitrogens with one attached hydrogen (secondary N) is 1. The zero-order valence-electron chi connectivity index (χ0n) is 9.98. The fourth-order valence-corrected chi connectivity index (χ4v) is 4.13. The van der Waals surface area contributed by atoms with E-state index in [-0.39, 0.29) is 0 Å². The van der Waals surface area contributed by atoms with Gasteiger partial charge in [0.15, 0.2) is 0 Å². The minimum absolute atomic E-state index is 0.704. The summed E-state index contributed by atoms with van der Waals surface area (Å²) in [6.07, 6.45) is 9.68. The van der Waals surface area contributed by atoms with Gasteiger partial charge in [-0.25, -0.2) is 0 Å². The monoisotopic (exact) mass is 335 g/mol. The smallest absolute Gasteiger partial charge is 0.107 e. The van der Waals surface area contributed by atoms with E-state index in [1.807, 2.05) is 0 Å². The fraction of sp³-hybridized carbons (Fsp3) is 0.692. The van der Waals surface area contributed by atoms with E-state index in [4.69, 9.17) is 11.6 Å². The Morgan fingerprint density at radius 1 is 1.24 bits per heavy atom. The minimum atomic E-state index is 0.704. The van der Waals surface area contributed by atoms with Crippen LogP contribution in [0.15, 0.2) is 10.5 Å². The van der Waals surface area contributed by atoms with Crippen molar-refractivity contribution in [2.24, 2.45) is 0 Å². The molecule has 1 saturated carbocycles. The first-order chi connectivity index (χ1) is 8.25. The standard InChI is InChI=1S/C13H19BrClNS/c14-12-8-11(17-13(12)15)9-16-10-6-4-2-1-3-5-7-10/h8,10,16H,1-7,9H2. The summed E-state index contributed by atoms with van der Waals surface area (Å²) in [5, 5.41) is 3.68. The molecule has 0 saturated heterocycles. The lowest BCUT2D eigenvalue weighted by Gasteiger charge is -2.20. The van der Waals surface area contributed by atoms with E-state index in [1.54, 1.807) is 11.3 Å². The molecule has 1 aromatic rings. The highest BCUT2D eigenvalue weighted by atomic mass is 79.9. The summed E-state index contributed by atoms with van der Waals surface area (Å²) in [5.74, 6) is 0. The van der Waals surface area contributed by atoms with Gasteiger partial charge in [-0.05, 0) is 34.8 Å². The predicted molar refractivity (Wildman–Crippen MR) is 80.0 cm³/mol. The van der Waals surface area contributed by atoms with Crippen molar-refractivity contribution in [3.05, 3.63) is 19.8 Å². The van der Waals surface area contributed by atoms with Gasteiger partial charge in [0.2, 0.25) is 0 Å². The van der Waals surface area contributed by atoms with Crippen LogP contribution >= 0.6 is 38.9 Å². The van der Waals surface area contributed by atoms with Crippen molar-refractivity contribution in [3.63, 3.8) is 0 Å². The Morgan fingerprint density at radius 3 is 2.47 bits per heavy atom. The van der Waals surface area contributed by atoms with E-state index < -0.39 is 0 Å². The maximum absolute atomic E-state index is 6.04. The second-order valence-corrected chi connectivity index (χ2v) is 7.35. The van der Waals surface area contributed by atoms with E-state index in [9.17, 15) is 0 Å². The van der Waals surface area contributed by atoms with Crippen molar-refractivity contribution in [2.75, 3.05) is 0 Å². The molecule has 0 aliphatic heterocycles. The first-order valence-electron chi connectivity index (χ1n) is 6.43. The van der Waals surface area contributed by atoms with Gasteiger partial charge in [0.25, 0.3) is 0 Å². The van der Waals surface area contributed by atoms with Gasteiger partial charge < -0.3 is 5.32 Å². The van der Waals surface area contributed by atoms with Crippen molar-refractivity contribution < 1.29 is 0 Å². The number of rotatable bonds is 3. The Labute approximate surface area is 121 Å². The van der Waals surface area contributed by atoms with Crippen LogP contribution in [-0.4, -0.2) is 6.04 Å². The van der Waals surface area contributed by atoms with E-state index in [1.165, 1.54) is 49.8 Å². The second-order valence-electron chi connectivity index (χ2n) is 4.76. The Balaban J connectivity index is 1.79. The van der Waals surface area contributed by atoms with Gasteiger partial charge in [0.05, 0.1) is 0 Å². The largest absolute Gasteiger partial charge is 0.309 e. The quantitative estimate of drug-likeness (QED) is 0.782. The predicted octanol–water partition coefficient (Wildman–Crippen LogP) is 5.37. The molecule has 1 aromatic heterocycles. The minimum Gasteiger partial charge on any atom is -0.309 e. The number of halogens is 2. The molecule has 1 aliphatic rings. The normalized spacial score (nSPS) is 18.9. The topological polar surface area (TPSA) is 12.0 Å². The molecule has 0 bridgehead atoms. The van der Waals surface area contributed by atoms with Gasteiger partial charge in [-0.3, -0.25) is 0 Å². The van der Waals surface area contributed by atoms with E-state index in [0.29, 0.717) is 6.04 Å². The Bertz CT molecular complexity index is 326. The Hall–Kier alpha value is 0.430. The number of hydrogen-bond acceptors (Lipinski definition) is 2. The van der Waals surface area contributed by atoms with Gasteiger partial charge in [0, 0.05) is 21.9 Å². The molecule has 0 unspecified atom stereocenters. The van der Waals surface area contributed by atoms with E-state index in [2.05, 4.69) is 27.3 Å².